The number of aromatic nitrogens is 4. The monoisotopic (exact) mass is 375 g/mol. The van der Waals surface area contributed by atoms with Crippen LogP contribution < -0.4 is 5.73 Å². The maximum atomic E-state index is 9.35. The van der Waals surface area contributed by atoms with Crippen molar-refractivity contribution in [3.8, 4) is 17.1 Å². The molecule has 1 aromatic carbocycles. The Kier molecular flexibility index (Phi) is 5.12. The van der Waals surface area contributed by atoms with Crippen LogP contribution in [0.3, 0.4) is 0 Å². The summed E-state index contributed by atoms with van der Waals surface area (Å²) in [4.78, 5) is 9.16. The van der Waals surface area contributed by atoms with Gasteiger partial charge in [-0.3, -0.25) is 4.98 Å². The molecule has 0 aliphatic heterocycles. The summed E-state index contributed by atoms with van der Waals surface area (Å²) < 4.78 is 6.90. The Labute approximate surface area is 162 Å². The van der Waals surface area contributed by atoms with Gasteiger partial charge >= 0.3 is 0 Å². The van der Waals surface area contributed by atoms with E-state index in [1.165, 1.54) is 0 Å². The Morgan fingerprint density at radius 2 is 1.89 bits per heavy atom. The van der Waals surface area contributed by atoms with Gasteiger partial charge in [-0.25, -0.2) is 9.67 Å². The lowest BCUT2D eigenvalue weighted by Gasteiger charge is -2.10. The van der Waals surface area contributed by atoms with Gasteiger partial charge in [0, 0.05) is 30.2 Å². The predicted octanol–water partition coefficient (Wildman–Crippen LogP) is 2.45. The lowest BCUT2D eigenvalue weighted by atomic mass is 10.1. The van der Waals surface area contributed by atoms with Crippen molar-refractivity contribution in [3.63, 3.8) is 0 Å². The zero-order valence-corrected chi connectivity index (χ0v) is 15.5. The molecule has 0 aliphatic rings. The molecule has 0 saturated heterocycles. The largest absolute Gasteiger partial charge is 0.390 e. The number of pyridine rings is 2. The van der Waals surface area contributed by atoms with E-state index < -0.39 is 0 Å². The first-order valence-corrected chi connectivity index (χ1v) is 8.97. The SMILES string of the molecule is CO[C@@H](N)Cc1cccc(-c2ccc3cnn(-c4cccc(CO)n4)c3c2)n1. The van der Waals surface area contributed by atoms with E-state index in [9.17, 15) is 5.11 Å². The van der Waals surface area contributed by atoms with Gasteiger partial charge in [0.2, 0.25) is 0 Å². The number of nitrogens with two attached hydrogens (primary N) is 1. The van der Waals surface area contributed by atoms with E-state index in [4.69, 9.17) is 15.5 Å². The number of nitrogens with zero attached hydrogens (tertiary/aromatic N) is 4. The van der Waals surface area contributed by atoms with Crippen LogP contribution >= 0.6 is 0 Å². The van der Waals surface area contributed by atoms with Gasteiger partial charge in [-0.05, 0) is 30.3 Å². The third-order valence-electron chi connectivity index (χ3n) is 4.56. The Bertz CT molecular complexity index is 1110. The summed E-state index contributed by atoms with van der Waals surface area (Å²) in [5.74, 6) is 0.659. The van der Waals surface area contributed by atoms with Crippen molar-refractivity contribution >= 4 is 10.9 Å². The Morgan fingerprint density at radius 3 is 2.71 bits per heavy atom. The average Bonchev–Trinajstić information content (AvgIpc) is 3.17. The molecule has 0 aliphatic carbocycles. The summed E-state index contributed by atoms with van der Waals surface area (Å²) in [6, 6.07) is 17.4. The van der Waals surface area contributed by atoms with Crippen molar-refractivity contribution in [2.75, 3.05) is 7.11 Å². The summed E-state index contributed by atoms with van der Waals surface area (Å²) >= 11 is 0. The third-order valence-corrected chi connectivity index (χ3v) is 4.56. The van der Waals surface area contributed by atoms with Gasteiger partial charge in [-0.15, -0.1) is 0 Å². The highest BCUT2D eigenvalue weighted by atomic mass is 16.5. The second-order valence-corrected chi connectivity index (χ2v) is 6.47. The van der Waals surface area contributed by atoms with Gasteiger partial charge in [0.15, 0.2) is 5.82 Å². The Balaban J connectivity index is 1.75. The van der Waals surface area contributed by atoms with E-state index in [1.54, 1.807) is 24.1 Å². The van der Waals surface area contributed by atoms with Gasteiger partial charge in [-0.1, -0.05) is 24.3 Å². The molecular weight excluding hydrogens is 354 g/mol. The van der Waals surface area contributed by atoms with Crippen molar-refractivity contribution in [1.29, 1.82) is 0 Å². The summed E-state index contributed by atoms with van der Waals surface area (Å²) in [6.07, 6.45) is 1.97. The number of aliphatic hydroxyl groups is 1. The fourth-order valence-corrected chi connectivity index (χ4v) is 3.08. The topological polar surface area (TPSA) is 99.1 Å². The second-order valence-electron chi connectivity index (χ2n) is 6.47. The summed E-state index contributed by atoms with van der Waals surface area (Å²) in [5, 5.41) is 14.8. The van der Waals surface area contributed by atoms with Crippen LogP contribution in [0.25, 0.3) is 28.0 Å². The van der Waals surface area contributed by atoms with Crippen molar-refractivity contribution < 1.29 is 9.84 Å². The normalized spacial score (nSPS) is 12.4. The third kappa shape index (κ3) is 3.63. The molecular formula is C21H21N5O2. The zero-order chi connectivity index (χ0) is 19.5. The zero-order valence-electron chi connectivity index (χ0n) is 15.5. The fourth-order valence-electron chi connectivity index (χ4n) is 3.08. The van der Waals surface area contributed by atoms with Crippen LogP contribution in [0.15, 0.2) is 60.8 Å². The molecule has 3 N–H and O–H groups in total. The van der Waals surface area contributed by atoms with E-state index >= 15 is 0 Å². The average molecular weight is 375 g/mol. The molecule has 0 saturated carbocycles. The van der Waals surface area contributed by atoms with Gasteiger partial charge in [-0.2, -0.15) is 5.10 Å². The van der Waals surface area contributed by atoms with Crippen LogP contribution in [0, 0.1) is 0 Å². The standard InChI is InChI=1S/C21H21N5O2/c1-28-20(22)11-16-4-2-6-18(24-16)14-8-9-15-12-23-26(19(15)10-14)21-7-3-5-17(13-27)25-21/h2-10,12,20,27H,11,13,22H2,1H3/t20-/m1/s1. The molecule has 4 aromatic rings. The van der Waals surface area contributed by atoms with Gasteiger partial charge < -0.3 is 15.6 Å². The van der Waals surface area contributed by atoms with E-state index in [2.05, 4.69) is 10.1 Å². The highest BCUT2D eigenvalue weighted by Gasteiger charge is 2.10. The molecule has 142 valence electrons. The number of ether oxygens (including phenoxy) is 1. The van der Waals surface area contributed by atoms with Gasteiger partial charge in [0.25, 0.3) is 0 Å². The molecule has 0 fully saturated rings. The maximum Gasteiger partial charge on any atom is 0.154 e. The molecule has 1 atom stereocenters. The molecule has 3 heterocycles. The molecule has 7 nitrogen and oxygen atoms in total. The number of fused-ring (bicyclic) bond motifs is 1. The first kappa shape index (κ1) is 18.2. The highest BCUT2D eigenvalue weighted by molar-refractivity contribution is 5.84. The van der Waals surface area contributed by atoms with Crippen LogP contribution in [0.1, 0.15) is 11.4 Å². The van der Waals surface area contributed by atoms with Crippen LogP contribution in [0.2, 0.25) is 0 Å². The van der Waals surface area contributed by atoms with E-state index in [0.717, 1.165) is 27.9 Å². The molecule has 0 amide bonds. The maximum absolute atomic E-state index is 9.35. The van der Waals surface area contributed by atoms with Gasteiger partial charge in [0.1, 0.15) is 6.23 Å². The van der Waals surface area contributed by atoms with Crippen LogP contribution in [0.4, 0.5) is 0 Å². The fraction of sp³-hybridized carbons (Fsp3) is 0.190. The molecule has 0 radical (unpaired) electrons. The summed E-state index contributed by atoms with van der Waals surface area (Å²) in [5.41, 5.74) is 10.1. The Hall–Kier alpha value is -3.13. The number of benzene rings is 1. The quantitative estimate of drug-likeness (QED) is 0.502. The number of aliphatic hydroxyl groups excluding tert-OH is 1. The lowest BCUT2D eigenvalue weighted by Crippen LogP contribution is -2.25. The predicted molar refractivity (Wildman–Crippen MR) is 107 cm³/mol. The molecule has 4 rings (SSSR count). The minimum absolute atomic E-state index is 0.112. The first-order chi connectivity index (χ1) is 13.7. The summed E-state index contributed by atoms with van der Waals surface area (Å²) in [6.45, 7) is -0.112. The number of hydrogen-bond donors (Lipinski definition) is 2. The van der Waals surface area contributed by atoms with Crippen molar-refractivity contribution in [2.24, 2.45) is 5.73 Å². The Morgan fingerprint density at radius 1 is 1.07 bits per heavy atom. The van der Waals surface area contributed by atoms with Gasteiger partial charge in [0.05, 0.1) is 29.7 Å². The first-order valence-electron chi connectivity index (χ1n) is 8.97. The van der Waals surface area contributed by atoms with Crippen LogP contribution in [0.5, 0.6) is 0 Å². The molecule has 0 spiro atoms. The van der Waals surface area contributed by atoms with Crippen molar-refractivity contribution in [3.05, 3.63) is 72.2 Å². The van der Waals surface area contributed by atoms with Crippen molar-refractivity contribution in [1.82, 2.24) is 19.7 Å². The number of hydrogen-bond acceptors (Lipinski definition) is 6. The lowest BCUT2D eigenvalue weighted by molar-refractivity contribution is 0.108. The number of rotatable bonds is 6. The second kappa shape index (κ2) is 7.85. The van der Waals surface area contributed by atoms with Crippen LogP contribution in [-0.4, -0.2) is 38.2 Å². The van der Waals surface area contributed by atoms with E-state index in [-0.39, 0.29) is 12.8 Å². The molecule has 7 heteroatoms. The number of methoxy groups -OCH3 is 1. The van der Waals surface area contributed by atoms with Crippen LogP contribution in [-0.2, 0) is 17.8 Å². The molecule has 0 bridgehead atoms. The summed E-state index contributed by atoms with van der Waals surface area (Å²) in [7, 11) is 1.59. The minimum Gasteiger partial charge on any atom is -0.390 e. The molecule has 0 unspecified atom stereocenters. The van der Waals surface area contributed by atoms with E-state index in [0.29, 0.717) is 17.9 Å². The molecule has 3 aromatic heterocycles. The van der Waals surface area contributed by atoms with E-state index in [1.807, 2.05) is 48.5 Å². The smallest absolute Gasteiger partial charge is 0.154 e. The highest BCUT2D eigenvalue weighted by Crippen LogP contribution is 2.25. The molecule has 28 heavy (non-hydrogen) atoms. The van der Waals surface area contributed by atoms with Crippen molar-refractivity contribution in [2.45, 2.75) is 19.3 Å². The minimum atomic E-state index is -0.378.